The number of aryl methyl sites for hydroxylation is 1. The maximum atomic E-state index is 12.4. The van der Waals surface area contributed by atoms with Gasteiger partial charge in [-0.25, -0.2) is 0 Å². The molecule has 0 bridgehead atoms. The molecule has 6 heteroatoms. The van der Waals surface area contributed by atoms with Crippen molar-refractivity contribution in [1.82, 2.24) is 20.4 Å². The van der Waals surface area contributed by atoms with Crippen molar-refractivity contribution in [2.75, 3.05) is 19.6 Å². The fraction of sp³-hybridized carbons (Fsp3) is 0.526. The van der Waals surface area contributed by atoms with Crippen LogP contribution >= 0.6 is 0 Å². The number of aromatic nitrogens is 2. The molecule has 1 aromatic heterocycles. The van der Waals surface area contributed by atoms with E-state index in [1.165, 1.54) is 32.4 Å². The van der Waals surface area contributed by atoms with Gasteiger partial charge in [0.15, 0.2) is 0 Å². The van der Waals surface area contributed by atoms with Crippen molar-refractivity contribution in [2.45, 2.75) is 39.2 Å². The molecule has 1 aliphatic carbocycles. The minimum atomic E-state index is -0.0383. The van der Waals surface area contributed by atoms with Crippen molar-refractivity contribution >= 4 is 5.91 Å². The van der Waals surface area contributed by atoms with E-state index >= 15 is 0 Å². The lowest BCUT2D eigenvalue weighted by Gasteiger charge is -2.22. The van der Waals surface area contributed by atoms with Crippen molar-refractivity contribution in [2.24, 2.45) is 5.41 Å². The number of benzene rings is 1. The van der Waals surface area contributed by atoms with Crippen LogP contribution in [-0.4, -0.2) is 46.6 Å². The van der Waals surface area contributed by atoms with Gasteiger partial charge in [0.1, 0.15) is 0 Å². The molecule has 1 saturated heterocycles. The zero-order valence-corrected chi connectivity index (χ0v) is 14.8. The lowest BCUT2D eigenvalue weighted by molar-refractivity contribution is 0.0931. The number of hydrogen-bond donors (Lipinski definition) is 1. The molecule has 1 aliphatic heterocycles. The second kappa shape index (κ2) is 6.26. The summed E-state index contributed by atoms with van der Waals surface area (Å²) < 4.78 is 4.99. The van der Waals surface area contributed by atoms with Crippen molar-refractivity contribution in [1.29, 1.82) is 0 Å². The van der Waals surface area contributed by atoms with Gasteiger partial charge in [0.2, 0.25) is 11.7 Å². The van der Waals surface area contributed by atoms with E-state index in [-0.39, 0.29) is 11.9 Å². The number of carbonyl (C=O) groups is 1. The van der Waals surface area contributed by atoms with Crippen LogP contribution < -0.4 is 5.32 Å². The van der Waals surface area contributed by atoms with E-state index in [0.717, 1.165) is 12.1 Å². The van der Waals surface area contributed by atoms with Gasteiger partial charge in [0.25, 0.3) is 5.91 Å². The third-order valence-corrected chi connectivity index (χ3v) is 5.32. The summed E-state index contributed by atoms with van der Waals surface area (Å²) >= 11 is 0. The SMILES string of the molecule is Cc1nc(-c2ccc(C(=O)N[C@H](C)CN3CCC4(CC4)C3)cc2)no1. The summed E-state index contributed by atoms with van der Waals surface area (Å²) in [7, 11) is 0. The fourth-order valence-electron chi connectivity index (χ4n) is 3.70. The second-order valence-corrected chi connectivity index (χ2v) is 7.57. The predicted octanol–water partition coefficient (Wildman–Crippen LogP) is 2.65. The lowest BCUT2D eigenvalue weighted by Crippen LogP contribution is -2.41. The molecule has 0 unspecified atom stereocenters. The molecule has 6 nitrogen and oxygen atoms in total. The average molecular weight is 340 g/mol. The van der Waals surface area contributed by atoms with Crippen molar-refractivity contribution < 1.29 is 9.32 Å². The molecule has 4 rings (SSSR count). The van der Waals surface area contributed by atoms with E-state index in [4.69, 9.17) is 4.52 Å². The van der Waals surface area contributed by atoms with Crippen LogP contribution in [0.4, 0.5) is 0 Å². The zero-order valence-electron chi connectivity index (χ0n) is 14.8. The molecule has 1 aromatic carbocycles. The molecular weight excluding hydrogens is 316 g/mol. The second-order valence-electron chi connectivity index (χ2n) is 7.57. The summed E-state index contributed by atoms with van der Waals surface area (Å²) in [4.78, 5) is 19.1. The van der Waals surface area contributed by atoms with Crippen molar-refractivity contribution in [3.63, 3.8) is 0 Å². The van der Waals surface area contributed by atoms with E-state index in [1.807, 2.05) is 12.1 Å². The van der Waals surface area contributed by atoms with E-state index < -0.39 is 0 Å². The molecule has 2 aromatic rings. The Hall–Kier alpha value is -2.21. The first-order chi connectivity index (χ1) is 12.0. The predicted molar refractivity (Wildman–Crippen MR) is 94.1 cm³/mol. The number of nitrogens with one attached hydrogen (secondary N) is 1. The lowest BCUT2D eigenvalue weighted by atomic mass is 10.1. The molecule has 25 heavy (non-hydrogen) atoms. The highest BCUT2D eigenvalue weighted by Crippen LogP contribution is 2.52. The van der Waals surface area contributed by atoms with Crippen LogP contribution in [0.2, 0.25) is 0 Å². The van der Waals surface area contributed by atoms with Crippen LogP contribution in [0.1, 0.15) is 42.4 Å². The standard InChI is InChI=1S/C19H24N4O2/c1-13(11-23-10-9-19(12-23)7-8-19)20-18(24)16-5-3-15(4-6-16)17-21-14(2)25-22-17/h3-6,13H,7-12H2,1-2H3,(H,20,24)/t13-/m1/s1. The van der Waals surface area contributed by atoms with Gasteiger partial charge >= 0.3 is 0 Å². The molecule has 2 heterocycles. The maximum absolute atomic E-state index is 12.4. The summed E-state index contributed by atoms with van der Waals surface area (Å²) in [6, 6.07) is 7.44. The largest absolute Gasteiger partial charge is 0.348 e. The molecule has 2 fully saturated rings. The number of likely N-dealkylation sites (tertiary alicyclic amines) is 1. The Bertz CT molecular complexity index is 764. The Labute approximate surface area is 147 Å². The summed E-state index contributed by atoms with van der Waals surface area (Å²) in [5.74, 6) is 1.03. The first-order valence-electron chi connectivity index (χ1n) is 8.97. The summed E-state index contributed by atoms with van der Waals surface area (Å²) in [6.45, 7) is 7.12. The van der Waals surface area contributed by atoms with Crippen LogP contribution in [0.5, 0.6) is 0 Å². The molecular formula is C19H24N4O2. The van der Waals surface area contributed by atoms with E-state index in [0.29, 0.717) is 22.7 Å². The third kappa shape index (κ3) is 3.58. The Morgan fingerprint density at radius 2 is 2.08 bits per heavy atom. The maximum Gasteiger partial charge on any atom is 0.251 e. The molecule has 1 atom stereocenters. The Balaban J connectivity index is 1.32. The van der Waals surface area contributed by atoms with E-state index in [9.17, 15) is 4.79 Å². The molecule has 1 spiro atoms. The Morgan fingerprint density at radius 3 is 2.68 bits per heavy atom. The minimum Gasteiger partial charge on any atom is -0.348 e. The summed E-state index contributed by atoms with van der Waals surface area (Å²) in [5, 5.41) is 6.99. The quantitative estimate of drug-likeness (QED) is 0.906. The highest BCUT2D eigenvalue weighted by Gasteiger charge is 2.47. The van der Waals surface area contributed by atoms with Crippen molar-refractivity contribution in [3.05, 3.63) is 35.7 Å². The van der Waals surface area contributed by atoms with Crippen LogP contribution in [0.25, 0.3) is 11.4 Å². The zero-order chi connectivity index (χ0) is 17.4. The third-order valence-electron chi connectivity index (χ3n) is 5.32. The first-order valence-corrected chi connectivity index (χ1v) is 8.97. The van der Waals surface area contributed by atoms with Gasteiger partial charge in [-0.3, -0.25) is 4.79 Å². The first kappa shape index (κ1) is 16.3. The smallest absolute Gasteiger partial charge is 0.251 e. The molecule has 0 radical (unpaired) electrons. The number of rotatable bonds is 5. The molecule has 1 amide bonds. The number of amides is 1. The Kier molecular flexibility index (Phi) is 4.07. The van der Waals surface area contributed by atoms with Gasteiger partial charge in [0.05, 0.1) is 0 Å². The molecule has 1 saturated carbocycles. The van der Waals surface area contributed by atoms with Crippen LogP contribution in [0.15, 0.2) is 28.8 Å². The average Bonchev–Trinajstić information content (AvgIpc) is 3.01. The van der Waals surface area contributed by atoms with Gasteiger partial charge in [-0.05, 0) is 50.3 Å². The molecule has 2 aliphatic rings. The van der Waals surface area contributed by atoms with Gasteiger partial charge in [-0.1, -0.05) is 17.3 Å². The highest BCUT2D eigenvalue weighted by atomic mass is 16.5. The number of hydrogen-bond acceptors (Lipinski definition) is 5. The van der Waals surface area contributed by atoms with Gasteiger partial charge in [0, 0.05) is 37.2 Å². The minimum absolute atomic E-state index is 0.0383. The van der Waals surface area contributed by atoms with Crippen LogP contribution in [-0.2, 0) is 0 Å². The van der Waals surface area contributed by atoms with Crippen molar-refractivity contribution in [3.8, 4) is 11.4 Å². The summed E-state index contributed by atoms with van der Waals surface area (Å²) in [5.41, 5.74) is 2.12. The normalized spacial score (nSPS) is 19.9. The van der Waals surface area contributed by atoms with Gasteiger partial charge < -0.3 is 14.7 Å². The fourth-order valence-corrected chi connectivity index (χ4v) is 3.70. The van der Waals surface area contributed by atoms with Crippen LogP contribution in [0.3, 0.4) is 0 Å². The molecule has 1 N–H and O–H groups in total. The van der Waals surface area contributed by atoms with E-state index in [2.05, 4.69) is 27.3 Å². The molecule has 132 valence electrons. The highest BCUT2D eigenvalue weighted by molar-refractivity contribution is 5.94. The summed E-state index contributed by atoms with van der Waals surface area (Å²) in [6.07, 6.45) is 4.09. The van der Waals surface area contributed by atoms with Gasteiger partial charge in [-0.2, -0.15) is 4.98 Å². The number of nitrogens with zero attached hydrogens (tertiary/aromatic N) is 3. The Morgan fingerprint density at radius 1 is 1.32 bits per heavy atom. The monoisotopic (exact) mass is 340 g/mol. The van der Waals surface area contributed by atoms with Crippen LogP contribution in [0, 0.1) is 12.3 Å². The van der Waals surface area contributed by atoms with E-state index in [1.54, 1.807) is 19.1 Å². The number of carbonyl (C=O) groups excluding carboxylic acids is 1. The topological polar surface area (TPSA) is 71.3 Å². The van der Waals surface area contributed by atoms with Gasteiger partial charge in [-0.15, -0.1) is 0 Å².